The van der Waals surface area contributed by atoms with Crippen molar-refractivity contribution >= 4 is 10.2 Å². The third-order valence-corrected chi connectivity index (χ3v) is 4.84. The highest BCUT2D eigenvalue weighted by atomic mass is 32.2. The fraction of sp³-hybridized carbons (Fsp3) is 1.00. The minimum atomic E-state index is -3.33. The van der Waals surface area contributed by atoms with Crippen LogP contribution in [0.1, 0.15) is 40.0 Å². The number of nitrogens with zero attached hydrogens (tertiary/aromatic N) is 1. The third-order valence-electron chi connectivity index (χ3n) is 2.92. The lowest BCUT2D eigenvalue weighted by Gasteiger charge is -2.33. The van der Waals surface area contributed by atoms with Gasteiger partial charge in [0.15, 0.2) is 0 Å². The van der Waals surface area contributed by atoms with Gasteiger partial charge in [0, 0.05) is 18.6 Å². The SMILES string of the molecule is CC(C)(C)NS(=O)(=O)N1CCC(CCN)CC1. The number of rotatable bonds is 4. The van der Waals surface area contributed by atoms with Crippen LogP contribution in [0.25, 0.3) is 0 Å². The van der Waals surface area contributed by atoms with Crippen molar-refractivity contribution in [3.63, 3.8) is 0 Å². The maximum Gasteiger partial charge on any atom is 0.279 e. The van der Waals surface area contributed by atoms with Gasteiger partial charge >= 0.3 is 0 Å². The van der Waals surface area contributed by atoms with Gasteiger partial charge < -0.3 is 5.73 Å². The molecule has 0 atom stereocenters. The molecule has 17 heavy (non-hydrogen) atoms. The van der Waals surface area contributed by atoms with Gasteiger partial charge in [0.05, 0.1) is 0 Å². The zero-order valence-corrected chi connectivity index (χ0v) is 11.9. The smallest absolute Gasteiger partial charge is 0.279 e. The number of nitrogens with two attached hydrogens (primary N) is 1. The largest absolute Gasteiger partial charge is 0.330 e. The number of hydrogen-bond acceptors (Lipinski definition) is 3. The lowest BCUT2D eigenvalue weighted by Crippen LogP contribution is -2.51. The second-order valence-electron chi connectivity index (χ2n) is 5.78. The van der Waals surface area contributed by atoms with E-state index in [2.05, 4.69) is 4.72 Å². The molecule has 1 fully saturated rings. The van der Waals surface area contributed by atoms with Crippen LogP contribution in [-0.2, 0) is 10.2 Å². The van der Waals surface area contributed by atoms with Crippen LogP contribution in [-0.4, -0.2) is 37.9 Å². The molecule has 1 aliphatic heterocycles. The molecule has 0 aliphatic carbocycles. The van der Waals surface area contributed by atoms with Crippen LogP contribution < -0.4 is 10.5 Å². The van der Waals surface area contributed by atoms with E-state index in [1.54, 1.807) is 4.31 Å². The Labute approximate surface area is 105 Å². The Bertz CT molecular complexity index is 327. The number of hydrogen-bond donors (Lipinski definition) is 2. The average Bonchev–Trinajstić information content (AvgIpc) is 2.15. The monoisotopic (exact) mass is 263 g/mol. The van der Waals surface area contributed by atoms with Crippen molar-refractivity contribution in [2.45, 2.75) is 45.6 Å². The molecular formula is C11H25N3O2S. The Kier molecular flexibility index (Phi) is 4.95. The van der Waals surface area contributed by atoms with E-state index in [9.17, 15) is 8.42 Å². The van der Waals surface area contributed by atoms with Crippen LogP contribution in [0.3, 0.4) is 0 Å². The highest BCUT2D eigenvalue weighted by Crippen LogP contribution is 2.21. The van der Waals surface area contributed by atoms with E-state index in [4.69, 9.17) is 5.73 Å². The molecule has 102 valence electrons. The molecule has 1 aliphatic rings. The van der Waals surface area contributed by atoms with Crippen LogP contribution in [0.2, 0.25) is 0 Å². The molecule has 0 unspecified atom stereocenters. The van der Waals surface area contributed by atoms with Gasteiger partial charge in [-0.1, -0.05) is 0 Å². The summed E-state index contributed by atoms with van der Waals surface area (Å²) in [6, 6.07) is 0. The highest BCUT2D eigenvalue weighted by molar-refractivity contribution is 7.87. The Morgan fingerprint density at radius 1 is 1.29 bits per heavy atom. The summed E-state index contributed by atoms with van der Waals surface area (Å²) in [6.45, 7) is 7.47. The van der Waals surface area contributed by atoms with Crippen LogP contribution >= 0.6 is 0 Å². The predicted molar refractivity (Wildman–Crippen MR) is 69.8 cm³/mol. The van der Waals surface area contributed by atoms with Gasteiger partial charge in [-0.05, 0) is 52.5 Å². The molecule has 1 rings (SSSR count). The fourth-order valence-electron chi connectivity index (χ4n) is 2.13. The Morgan fingerprint density at radius 2 is 1.82 bits per heavy atom. The van der Waals surface area contributed by atoms with Crippen molar-refractivity contribution in [1.29, 1.82) is 0 Å². The fourth-order valence-corrected chi connectivity index (χ4v) is 3.72. The zero-order valence-electron chi connectivity index (χ0n) is 11.1. The summed E-state index contributed by atoms with van der Waals surface area (Å²) in [5.41, 5.74) is 5.10. The van der Waals surface area contributed by atoms with E-state index in [1.807, 2.05) is 20.8 Å². The minimum Gasteiger partial charge on any atom is -0.330 e. The summed E-state index contributed by atoms with van der Waals surface area (Å²) in [4.78, 5) is 0. The van der Waals surface area contributed by atoms with Gasteiger partial charge in [0.1, 0.15) is 0 Å². The molecular weight excluding hydrogens is 238 g/mol. The van der Waals surface area contributed by atoms with Crippen LogP contribution in [0.15, 0.2) is 0 Å². The number of piperidine rings is 1. The molecule has 0 spiro atoms. The quantitative estimate of drug-likeness (QED) is 0.783. The van der Waals surface area contributed by atoms with E-state index in [1.165, 1.54) is 0 Å². The molecule has 0 saturated carbocycles. The van der Waals surface area contributed by atoms with Gasteiger partial charge in [-0.2, -0.15) is 17.4 Å². The van der Waals surface area contributed by atoms with Gasteiger partial charge in [-0.15, -0.1) is 0 Å². The standard InChI is InChI=1S/C11H25N3O2S/c1-11(2,3)13-17(15,16)14-8-5-10(4-7-12)6-9-14/h10,13H,4-9,12H2,1-3H3. The maximum atomic E-state index is 12.1. The molecule has 1 saturated heterocycles. The summed E-state index contributed by atoms with van der Waals surface area (Å²) in [5.74, 6) is 0.584. The lowest BCUT2D eigenvalue weighted by atomic mass is 9.95. The van der Waals surface area contributed by atoms with Crippen LogP contribution in [0.4, 0.5) is 0 Å². The molecule has 1 heterocycles. The summed E-state index contributed by atoms with van der Waals surface area (Å²) < 4.78 is 28.3. The molecule has 0 radical (unpaired) electrons. The van der Waals surface area contributed by atoms with E-state index >= 15 is 0 Å². The van der Waals surface area contributed by atoms with E-state index < -0.39 is 15.7 Å². The molecule has 0 amide bonds. The summed E-state index contributed by atoms with van der Waals surface area (Å²) in [6.07, 6.45) is 2.84. The molecule has 0 aromatic carbocycles. The first-order valence-electron chi connectivity index (χ1n) is 6.24. The van der Waals surface area contributed by atoms with Crippen molar-refractivity contribution < 1.29 is 8.42 Å². The molecule has 0 aromatic rings. The Hall–Kier alpha value is -0.170. The molecule has 0 aromatic heterocycles. The topological polar surface area (TPSA) is 75.4 Å². The van der Waals surface area contributed by atoms with Crippen molar-refractivity contribution in [2.75, 3.05) is 19.6 Å². The van der Waals surface area contributed by atoms with Crippen LogP contribution in [0.5, 0.6) is 0 Å². The van der Waals surface area contributed by atoms with Crippen molar-refractivity contribution in [3.8, 4) is 0 Å². The van der Waals surface area contributed by atoms with Gasteiger partial charge in [0.2, 0.25) is 0 Å². The summed E-state index contributed by atoms with van der Waals surface area (Å²) in [5, 5.41) is 0. The average molecular weight is 263 g/mol. The maximum absolute atomic E-state index is 12.1. The first kappa shape index (κ1) is 14.9. The second-order valence-corrected chi connectivity index (χ2v) is 7.45. The third kappa shape index (κ3) is 4.91. The molecule has 3 N–H and O–H groups in total. The van der Waals surface area contributed by atoms with Crippen molar-refractivity contribution in [2.24, 2.45) is 11.7 Å². The van der Waals surface area contributed by atoms with Gasteiger partial charge in [-0.25, -0.2) is 0 Å². The summed E-state index contributed by atoms with van der Waals surface area (Å²) >= 11 is 0. The van der Waals surface area contributed by atoms with Crippen molar-refractivity contribution in [3.05, 3.63) is 0 Å². The predicted octanol–water partition coefficient (Wildman–Crippen LogP) is 0.680. The van der Waals surface area contributed by atoms with E-state index in [0.29, 0.717) is 25.6 Å². The Balaban J connectivity index is 2.53. The Morgan fingerprint density at radius 3 is 2.24 bits per heavy atom. The van der Waals surface area contributed by atoms with Crippen molar-refractivity contribution in [1.82, 2.24) is 9.03 Å². The normalized spacial score (nSPS) is 20.7. The summed E-state index contributed by atoms with van der Waals surface area (Å²) in [7, 11) is -3.33. The van der Waals surface area contributed by atoms with Gasteiger partial charge in [0.25, 0.3) is 10.2 Å². The molecule has 5 nitrogen and oxygen atoms in total. The zero-order chi connectivity index (χ0) is 13.1. The first-order chi connectivity index (χ1) is 7.74. The molecule has 6 heteroatoms. The highest BCUT2D eigenvalue weighted by Gasteiger charge is 2.30. The van der Waals surface area contributed by atoms with E-state index in [-0.39, 0.29) is 0 Å². The van der Waals surface area contributed by atoms with Crippen LogP contribution in [0, 0.1) is 5.92 Å². The second kappa shape index (κ2) is 5.65. The van der Waals surface area contributed by atoms with Gasteiger partial charge in [-0.3, -0.25) is 0 Å². The minimum absolute atomic E-state index is 0.424. The lowest BCUT2D eigenvalue weighted by molar-refractivity contribution is 0.260. The van der Waals surface area contributed by atoms with E-state index in [0.717, 1.165) is 19.3 Å². The molecule has 0 bridgehead atoms. The first-order valence-corrected chi connectivity index (χ1v) is 7.68. The number of nitrogens with one attached hydrogen (secondary N) is 1.